The van der Waals surface area contributed by atoms with Gasteiger partial charge in [0.2, 0.25) is 5.91 Å². The Morgan fingerprint density at radius 2 is 2.00 bits per heavy atom. The molecule has 18 heavy (non-hydrogen) atoms. The number of amides is 1. The normalized spacial score (nSPS) is 32.4. The van der Waals surface area contributed by atoms with Crippen molar-refractivity contribution in [3.8, 4) is 0 Å². The lowest BCUT2D eigenvalue weighted by Gasteiger charge is -2.34. The van der Waals surface area contributed by atoms with Crippen molar-refractivity contribution in [2.75, 3.05) is 12.8 Å². The molecule has 0 aromatic heterocycles. The molecule has 2 saturated carbocycles. The molecule has 1 aliphatic heterocycles. The van der Waals surface area contributed by atoms with Gasteiger partial charge in [0.05, 0.1) is 11.7 Å². The van der Waals surface area contributed by atoms with Gasteiger partial charge in [-0.25, -0.2) is 0 Å². The number of thioether (sulfide) groups is 1. The van der Waals surface area contributed by atoms with Gasteiger partial charge in [-0.2, -0.15) is 11.8 Å². The lowest BCUT2D eigenvalue weighted by molar-refractivity contribution is -0.131. The molecule has 0 radical (unpaired) electrons. The van der Waals surface area contributed by atoms with Crippen molar-refractivity contribution in [2.24, 2.45) is 0 Å². The van der Waals surface area contributed by atoms with Crippen LogP contribution in [0.1, 0.15) is 51.9 Å². The molecule has 102 valence electrons. The van der Waals surface area contributed by atoms with Crippen LogP contribution in [0, 0.1) is 0 Å². The van der Waals surface area contributed by atoms with Gasteiger partial charge in [-0.1, -0.05) is 19.8 Å². The molecule has 1 amide bonds. The third kappa shape index (κ3) is 1.88. The molecule has 3 rings (SSSR count). The molecule has 1 atom stereocenters. The third-order valence-electron chi connectivity index (χ3n) is 5.03. The standard InChI is InChI=1S/C14H24N2OS/c1-3-11-15-14(8-9-14)12(17)16(11)10-13(18-2)6-4-5-7-13/h11,15H,3-10H2,1-2H3. The fraction of sp³-hybridized carbons (Fsp3) is 0.929. The first-order chi connectivity index (χ1) is 8.65. The van der Waals surface area contributed by atoms with E-state index in [2.05, 4.69) is 23.4 Å². The van der Waals surface area contributed by atoms with Gasteiger partial charge in [0.25, 0.3) is 0 Å². The van der Waals surface area contributed by atoms with Crippen LogP contribution in [0.4, 0.5) is 0 Å². The van der Waals surface area contributed by atoms with Crippen LogP contribution in [0.25, 0.3) is 0 Å². The number of nitrogens with zero attached hydrogens (tertiary/aromatic N) is 1. The molecule has 0 aromatic rings. The predicted octanol–water partition coefficient (Wildman–Crippen LogP) is 2.36. The molecule has 1 N–H and O–H groups in total. The fourth-order valence-electron chi connectivity index (χ4n) is 3.62. The molecule has 3 nitrogen and oxygen atoms in total. The van der Waals surface area contributed by atoms with Gasteiger partial charge in [-0.05, 0) is 38.4 Å². The largest absolute Gasteiger partial charge is 0.324 e. The van der Waals surface area contributed by atoms with Crippen molar-refractivity contribution in [2.45, 2.75) is 68.3 Å². The Kier molecular flexibility index (Phi) is 3.14. The van der Waals surface area contributed by atoms with E-state index in [1.807, 2.05) is 11.8 Å². The van der Waals surface area contributed by atoms with Gasteiger partial charge >= 0.3 is 0 Å². The predicted molar refractivity (Wildman–Crippen MR) is 75.6 cm³/mol. The van der Waals surface area contributed by atoms with Crippen molar-refractivity contribution >= 4 is 17.7 Å². The quantitative estimate of drug-likeness (QED) is 0.849. The average Bonchev–Trinajstić information content (AvgIpc) is 2.94. The van der Waals surface area contributed by atoms with Crippen LogP contribution in [0.2, 0.25) is 0 Å². The summed E-state index contributed by atoms with van der Waals surface area (Å²) >= 11 is 1.98. The Bertz CT molecular complexity index is 348. The van der Waals surface area contributed by atoms with E-state index >= 15 is 0 Å². The average molecular weight is 268 g/mol. The second-order valence-electron chi connectivity index (χ2n) is 6.18. The number of hydrogen-bond acceptors (Lipinski definition) is 3. The van der Waals surface area contributed by atoms with Gasteiger partial charge in [0, 0.05) is 11.3 Å². The van der Waals surface area contributed by atoms with Crippen molar-refractivity contribution in [1.82, 2.24) is 10.2 Å². The van der Waals surface area contributed by atoms with E-state index in [1.54, 1.807) is 0 Å². The SMILES string of the molecule is CCC1NC2(CC2)C(=O)N1CC1(SC)CCCC1. The molecular weight excluding hydrogens is 244 g/mol. The Morgan fingerprint density at radius 1 is 1.33 bits per heavy atom. The number of rotatable bonds is 4. The van der Waals surface area contributed by atoms with Crippen molar-refractivity contribution in [3.63, 3.8) is 0 Å². The number of nitrogens with one attached hydrogen (secondary N) is 1. The Morgan fingerprint density at radius 3 is 2.50 bits per heavy atom. The molecule has 1 heterocycles. The first-order valence-corrected chi connectivity index (χ1v) is 8.51. The maximum atomic E-state index is 12.6. The first-order valence-electron chi connectivity index (χ1n) is 7.29. The van der Waals surface area contributed by atoms with Crippen molar-refractivity contribution < 1.29 is 4.79 Å². The highest BCUT2D eigenvalue weighted by atomic mass is 32.2. The number of carbonyl (C=O) groups excluding carboxylic acids is 1. The summed E-state index contributed by atoms with van der Waals surface area (Å²) in [7, 11) is 0. The lowest BCUT2D eigenvalue weighted by atomic mass is 10.1. The highest BCUT2D eigenvalue weighted by Crippen LogP contribution is 2.46. The molecule has 1 unspecified atom stereocenters. The molecule has 0 aromatic carbocycles. The minimum absolute atomic E-state index is 0.140. The van der Waals surface area contributed by atoms with Gasteiger partial charge in [-0.3, -0.25) is 10.1 Å². The summed E-state index contributed by atoms with van der Waals surface area (Å²) in [4.78, 5) is 14.7. The summed E-state index contributed by atoms with van der Waals surface area (Å²) < 4.78 is 0.338. The summed E-state index contributed by atoms with van der Waals surface area (Å²) in [5, 5.41) is 3.57. The highest BCUT2D eigenvalue weighted by molar-refractivity contribution is 8.00. The van der Waals surface area contributed by atoms with Crippen LogP contribution >= 0.6 is 11.8 Å². The smallest absolute Gasteiger partial charge is 0.244 e. The molecule has 1 spiro atoms. The molecule has 2 aliphatic carbocycles. The minimum atomic E-state index is -0.140. The van der Waals surface area contributed by atoms with Crippen LogP contribution in [0.5, 0.6) is 0 Å². The Balaban J connectivity index is 1.76. The van der Waals surface area contributed by atoms with Crippen LogP contribution in [-0.2, 0) is 4.79 Å². The van der Waals surface area contributed by atoms with Crippen LogP contribution in [0.3, 0.4) is 0 Å². The lowest BCUT2D eigenvalue weighted by Crippen LogP contribution is -2.45. The second kappa shape index (κ2) is 4.41. The Labute approximate surface area is 114 Å². The van der Waals surface area contributed by atoms with Gasteiger partial charge < -0.3 is 4.90 Å². The van der Waals surface area contributed by atoms with E-state index in [0.29, 0.717) is 10.7 Å². The van der Waals surface area contributed by atoms with Gasteiger partial charge in [0.15, 0.2) is 0 Å². The van der Waals surface area contributed by atoms with Crippen molar-refractivity contribution in [3.05, 3.63) is 0 Å². The molecule has 1 saturated heterocycles. The van der Waals surface area contributed by atoms with Crippen LogP contribution in [0.15, 0.2) is 0 Å². The van der Waals surface area contributed by atoms with E-state index in [-0.39, 0.29) is 11.7 Å². The molecule has 3 fully saturated rings. The molecule has 0 bridgehead atoms. The zero-order valence-electron chi connectivity index (χ0n) is 11.5. The van der Waals surface area contributed by atoms with E-state index < -0.39 is 0 Å². The maximum absolute atomic E-state index is 12.6. The van der Waals surface area contributed by atoms with Crippen LogP contribution in [-0.4, -0.2) is 40.1 Å². The van der Waals surface area contributed by atoms with Crippen LogP contribution < -0.4 is 5.32 Å². The Hall–Kier alpha value is -0.220. The number of hydrogen-bond donors (Lipinski definition) is 1. The van der Waals surface area contributed by atoms with Gasteiger partial charge in [-0.15, -0.1) is 0 Å². The third-order valence-corrected chi connectivity index (χ3v) is 6.44. The number of carbonyl (C=O) groups is 1. The van der Waals surface area contributed by atoms with E-state index in [0.717, 1.165) is 25.8 Å². The van der Waals surface area contributed by atoms with Gasteiger partial charge in [0.1, 0.15) is 0 Å². The maximum Gasteiger partial charge on any atom is 0.244 e. The zero-order chi connectivity index (χ0) is 12.8. The van der Waals surface area contributed by atoms with E-state index in [4.69, 9.17) is 0 Å². The second-order valence-corrected chi connectivity index (χ2v) is 7.45. The summed E-state index contributed by atoms with van der Waals surface area (Å²) in [6, 6.07) is 0. The van der Waals surface area contributed by atoms with Crippen molar-refractivity contribution in [1.29, 1.82) is 0 Å². The summed E-state index contributed by atoms with van der Waals surface area (Å²) in [6.45, 7) is 3.14. The highest BCUT2D eigenvalue weighted by Gasteiger charge is 2.59. The summed E-state index contributed by atoms with van der Waals surface area (Å²) in [5.74, 6) is 0.384. The first kappa shape index (κ1) is 12.8. The monoisotopic (exact) mass is 268 g/mol. The molecular formula is C14H24N2OS. The minimum Gasteiger partial charge on any atom is -0.324 e. The molecule has 3 aliphatic rings. The molecule has 4 heteroatoms. The van der Waals surface area contributed by atoms with E-state index in [1.165, 1.54) is 25.7 Å². The summed E-state index contributed by atoms with van der Waals surface area (Å²) in [6.07, 6.45) is 10.8. The topological polar surface area (TPSA) is 32.3 Å². The zero-order valence-corrected chi connectivity index (χ0v) is 12.3. The summed E-state index contributed by atoms with van der Waals surface area (Å²) in [5.41, 5.74) is -0.140. The van der Waals surface area contributed by atoms with E-state index in [9.17, 15) is 4.79 Å². The fourth-order valence-corrected chi connectivity index (χ4v) is 4.58.